The lowest BCUT2D eigenvalue weighted by Crippen LogP contribution is -2.32. The van der Waals surface area contributed by atoms with Crippen molar-refractivity contribution in [1.82, 2.24) is 15.1 Å². The SMILES string of the molecule is CC(C)CCCNC(=O)c1nn(C(C)C)c(=O)c2ccccc12. The third-order valence-electron chi connectivity index (χ3n) is 3.78. The number of hydrogen-bond acceptors (Lipinski definition) is 3. The van der Waals surface area contributed by atoms with E-state index in [-0.39, 0.29) is 17.5 Å². The summed E-state index contributed by atoms with van der Waals surface area (Å²) in [7, 11) is 0. The molecule has 0 unspecified atom stereocenters. The summed E-state index contributed by atoms with van der Waals surface area (Å²) in [5, 5.41) is 8.36. The van der Waals surface area contributed by atoms with Crippen LogP contribution in [0.1, 0.15) is 57.1 Å². The number of nitrogens with zero attached hydrogens (tertiary/aromatic N) is 2. The van der Waals surface area contributed by atoms with Crippen LogP contribution >= 0.6 is 0 Å². The molecule has 0 aliphatic heterocycles. The molecule has 2 rings (SSSR count). The van der Waals surface area contributed by atoms with Crippen LogP contribution in [-0.4, -0.2) is 22.2 Å². The fourth-order valence-electron chi connectivity index (χ4n) is 2.52. The lowest BCUT2D eigenvalue weighted by molar-refractivity contribution is 0.0946. The molecule has 1 amide bonds. The van der Waals surface area contributed by atoms with Crippen LogP contribution in [0.3, 0.4) is 0 Å². The highest BCUT2D eigenvalue weighted by Gasteiger charge is 2.17. The Balaban J connectivity index is 2.34. The highest BCUT2D eigenvalue weighted by molar-refractivity contribution is 6.04. The lowest BCUT2D eigenvalue weighted by atomic mass is 10.1. The van der Waals surface area contributed by atoms with Gasteiger partial charge in [-0.25, -0.2) is 4.68 Å². The molecule has 0 bridgehead atoms. The number of rotatable bonds is 6. The molecule has 0 saturated carbocycles. The van der Waals surface area contributed by atoms with Gasteiger partial charge >= 0.3 is 0 Å². The second kappa shape index (κ2) is 7.40. The van der Waals surface area contributed by atoms with E-state index in [2.05, 4.69) is 24.3 Å². The van der Waals surface area contributed by atoms with Crippen LogP contribution in [-0.2, 0) is 0 Å². The van der Waals surface area contributed by atoms with Crippen molar-refractivity contribution < 1.29 is 4.79 Å². The maximum absolute atomic E-state index is 12.5. The zero-order valence-corrected chi connectivity index (χ0v) is 14.3. The highest BCUT2D eigenvalue weighted by Crippen LogP contribution is 2.14. The Labute approximate surface area is 136 Å². The topological polar surface area (TPSA) is 64.0 Å². The molecule has 0 fully saturated rings. The molecule has 0 radical (unpaired) electrons. The number of nitrogens with one attached hydrogen (secondary N) is 1. The van der Waals surface area contributed by atoms with Crippen LogP contribution in [0.25, 0.3) is 10.8 Å². The quantitative estimate of drug-likeness (QED) is 0.833. The minimum Gasteiger partial charge on any atom is -0.351 e. The van der Waals surface area contributed by atoms with Gasteiger partial charge in [0.15, 0.2) is 5.69 Å². The van der Waals surface area contributed by atoms with E-state index in [1.165, 1.54) is 4.68 Å². The largest absolute Gasteiger partial charge is 0.351 e. The zero-order valence-electron chi connectivity index (χ0n) is 14.3. The van der Waals surface area contributed by atoms with Crippen molar-refractivity contribution in [3.63, 3.8) is 0 Å². The number of benzene rings is 1. The fraction of sp³-hybridized carbons (Fsp3) is 0.500. The Kier molecular flexibility index (Phi) is 5.53. The Morgan fingerprint density at radius 1 is 1.17 bits per heavy atom. The molecular formula is C18H25N3O2. The Bertz CT molecular complexity index is 748. The Morgan fingerprint density at radius 3 is 2.43 bits per heavy atom. The van der Waals surface area contributed by atoms with Crippen LogP contribution in [0.15, 0.2) is 29.1 Å². The molecule has 1 aromatic carbocycles. The van der Waals surface area contributed by atoms with Crippen molar-refractivity contribution in [3.05, 3.63) is 40.3 Å². The summed E-state index contributed by atoms with van der Waals surface area (Å²) in [4.78, 5) is 24.9. The number of aromatic nitrogens is 2. The fourth-order valence-corrected chi connectivity index (χ4v) is 2.52. The maximum Gasteiger partial charge on any atom is 0.274 e. The molecular weight excluding hydrogens is 290 g/mol. The van der Waals surface area contributed by atoms with Gasteiger partial charge in [-0.3, -0.25) is 9.59 Å². The van der Waals surface area contributed by atoms with E-state index in [0.29, 0.717) is 28.9 Å². The summed E-state index contributed by atoms with van der Waals surface area (Å²) in [6.07, 6.45) is 2.01. The van der Waals surface area contributed by atoms with Crippen molar-refractivity contribution in [3.8, 4) is 0 Å². The summed E-state index contributed by atoms with van der Waals surface area (Å²) in [6.45, 7) is 8.71. The van der Waals surface area contributed by atoms with E-state index in [0.717, 1.165) is 12.8 Å². The molecule has 124 valence electrons. The molecule has 1 heterocycles. The predicted molar refractivity (Wildman–Crippen MR) is 92.8 cm³/mol. The van der Waals surface area contributed by atoms with Gasteiger partial charge < -0.3 is 5.32 Å². The molecule has 1 N–H and O–H groups in total. The number of carbonyl (C=O) groups excluding carboxylic acids is 1. The first-order valence-electron chi connectivity index (χ1n) is 8.21. The van der Waals surface area contributed by atoms with Crippen molar-refractivity contribution in [2.45, 2.75) is 46.6 Å². The van der Waals surface area contributed by atoms with Crippen LogP contribution in [0.5, 0.6) is 0 Å². The molecule has 1 aromatic heterocycles. The molecule has 2 aromatic rings. The van der Waals surface area contributed by atoms with E-state index in [1.54, 1.807) is 18.2 Å². The average molecular weight is 315 g/mol. The van der Waals surface area contributed by atoms with E-state index in [9.17, 15) is 9.59 Å². The maximum atomic E-state index is 12.5. The molecule has 0 aliphatic rings. The number of hydrogen-bond donors (Lipinski definition) is 1. The Morgan fingerprint density at radius 2 is 1.83 bits per heavy atom. The molecule has 0 atom stereocenters. The van der Waals surface area contributed by atoms with Gasteiger partial charge in [-0.15, -0.1) is 0 Å². The molecule has 23 heavy (non-hydrogen) atoms. The van der Waals surface area contributed by atoms with Crippen LogP contribution in [0, 0.1) is 5.92 Å². The van der Waals surface area contributed by atoms with Gasteiger partial charge in [-0.05, 0) is 38.7 Å². The first-order valence-corrected chi connectivity index (χ1v) is 8.21. The van der Waals surface area contributed by atoms with E-state index in [1.807, 2.05) is 19.9 Å². The number of fused-ring (bicyclic) bond motifs is 1. The minimum absolute atomic E-state index is 0.0976. The number of carbonyl (C=O) groups is 1. The summed E-state index contributed by atoms with van der Waals surface area (Å²) in [5.74, 6) is 0.396. The van der Waals surface area contributed by atoms with Gasteiger partial charge in [-0.1, -0.05) is 32.0 Å². The van der Waals surface area contributed by atoms with Crippen molar-refractivity contribution in [1.29, 1.82) is 0 Å². The van der Waals surface area contributed by atoms with Crippen molar-refractivity contribution in [2.24, 2.45) is 5.92 Å². The minimum atomic E-state index is -0.223. The zero-order chi connectivity index (χ0) is 17.0. The van der Waals surface area contributed by atoms with E-state index in [4.69, 9.17) is 0 Å². The first-order chi connectivity index (χ1) is 10.9. The molecule has 0 aliphatic carbocycles. The monoisotopic (exact) mass is 315 g/mol. The van der Waals surface area contributed by atoms with Gasteiger partial charge in [-0.2, -0.15) is 5.10 Å². The smallest absolute Gasteiger partial charge is 0.274 e. The van der Waals surface area contributed by atoms with Crippen LogP contribution < -0.4 is 10.9 Å². The van der Waals surface area contributed by atoms with Crippen LogP contribution in [0.2, 0.25) is 0 Å². The third-order valence-corrected chi connectivity index (χ3v) is 3.78. The van der Waals surface area contributed by atoms with E-state index >= 15 is 0 Å². The van der Waals surface area contributed by atoms with E-state index < -0.39 is 0 Å². The summed E-state index contributed by atoms with van der Waals surface area (Å²) in [5.41, 5.74) is 0.158. The Hall–Kier alpha value is -2.17. The van der Waals surface area contributed by atoms with Gasteiger partial charge in [0.2, 0.25) is 0 Å². The average Bonchev–Trinajstić information content (AvgIpc) is 2.51. The lowest BCUT2D eigenvalue weighted by Gasteiger charge is -2.13. The highest BCUT2D eigenvalue weighted by atomic mass is 16.2. The van der Waals surface area contributed by atoms with Gasteiger partial charge in [0.1, 0.15) is 0 Å². The normalized spacial score (nSPS) is 11.4. The summed E-state index contributed by atoms with van der Waals surface area (Å²) >= 11 is 0. The second-order valence-electron chi connectivity index (χ2n) is 6.53. The summed E-state index contributed by atoms with van der Waals surface area (Å²) in [6, 6.07) is 7.04. The standard InChI is InChI=1S/C18H25N3O2/c1-12(2)8-7-11-19-17(22)16-14-9-5-6-10-15(14)18(23)21(20-16)13(3)4/h5-6,9-10,12-13H,7-8,11H2,1-4H3,(H,19,22). The summed E-state index contributed by atoms with van der Waals surface area (Å²) < 4.78 is 1.38. The molecule has 0 saturated heterocycles. The van der Waals surface area contributed by atoms with Crippen LogP contribution in [0.4, 0.5) is 0 Å². The van der Waals surface area contributed by atoms with Gasteiger partial charge in [0.05, 0.1) is 11.4 Å². The molecule has 5 heteroatoms. The predicted octanol–water partition coefficient (Wildman–Crippen LogP) is 3.14. The van der Waals surface area contributed by atoms with Gasteiger partial charge in [0, 0.05) is 11.9 Å². The second-order valence-corrected chi connectivity index (χ2v) is 6.53. The number of amides is 1. The van der Waals surface area contributed by atoms with Crippen molar-refractivity contribution >= 4 is 16.7 Å². The third kappa shape index (κ3) is 3.97. The first kappa shape index (κ1) is 17.2. The van der Waals surface area contributed by atoms with Crippen molar-refractivity contribution in [2.75, 3.05) is 6.54 Å². The molecule has 0 spiro atoms. The molecule has 5 nitrogen and oxygen atoms in total. The van der Waals surface area contributed by atoms with Gasteiger partial charge in [0.25, 0.3) is 11.5 Å².